The van der Waals surface area contributed by atoms with Crippen LogP contribution in [0.1, 0.15) is 12.8 Å². The normalized spacial score (nSPS) is 18.0. The molecule has 1 fully saturated rings. The smallest absolute Gasteiger partial charge is 0.227 e. The Balaban J connectivity index is 1.95. The van der Waals surface area contributed by atoms with Crippen LogP contribution in [-0.2, 0) is 4.79 Å². The van der Waals surface area contributed by atoms with E-state index in [0.717, 1.165) is 25.9 Å². The highest BCUT2D eigenvalue weighted by molar-refractivity contribution is 5.92. The van der Waals surface area contributed by atoms with Crippen molar-refractivity contribution in [2.45, 2.75) is 12.8 Å². The third kappa shape index (κ3) is 3.03. The predicted octanol–water partition coefficient (Wildman–Crippen LogP) is 2.11. The number of benzene rings is 1. The second-order valence-corrected chi connectivity index (χ2v) is 4.55. The SMILES string of the molecule is CN1CCC(C(=O)Nc2ccccc2F)CC1. The predicted molar refractivity (Wildman–Crippen MR) is 65.3 cm³/mol. The summed E-state index contributed by atoms with van der Waals surface area (Å²) in [6.45, 7) is 1.85. The van der Waals surface area contributed by atoms with E-state index in [1.165, 1.54) is 6.07 Å². The number of hydrogen-bond acceptors (Lipinski definition) is 2. The fraction of sp³-hybridized carbons (Fsp3) is 0.462. The first kappa shape index (κ1) is 12.0. The minimum atomic E-state index is -0.381. The highest BCUT2D eigenvalue weighted by Crippen LogP contribution is 2.19. The van der Waals surface area contributed by atoms with E-state index in [0.29, 0.717) is 0 Å². The summed E-state index contributed by atoms with van der Waals surface area (Å²) in [5, 5.41) is 2.66. The molecule has 1 amide bonds. The molecule has 1 saturated heterocycles. The summed E-state index contributed by atoms with van der Waals surface area (Å²) in [4.78, 5) is 14.1. The van der Waals surface area contributed by atoms with Crippen LogP contribution >= 0.6 is 0 Å². The minimum Gasteiger partial charge on any atom is -0.323 e. The number of nitrogens with one attached hydrogen (secondary N) is 1. The van der Waals surface area contributed by atoms with Gasteiger partial charge in [0, 0.05) is 5.92 Å². The average Bonchev–Trinajstić information content (AvgIpc) is 2.33. The third-order valence-corrected chi connectivity index (χ3v) is 3.22. The summed E-state index contributed by atoms with van der Waals surface area (Å²) < 4.78 is 13.4. The Morgan fingerprint density at radius 1 is 1.35 bits per heavy atom. The lowest BCUT2D eigenvalue weighted by Crippen LogP contribution is -2.36. The van der Waals surface area contributed by atoms with Crippen LogP contribution < -0.4 is 5.32 Å². The van der Waals surface area contributed by atoms with Crippen molar-refractivity contribution in [3.63, 3.8) is 0 Å². The van der Waals surface area contributed by atoms with Crippen LogP contribution in [0.4, 0.5) is 10.1 Å². The monoisotopic (exact) mass is 236 g/mol. The van der Waals surface area contributed by atoms with E-state index < -0.39 is 0 Å². The number of amides is 1. The Labute approximate surface area is 101 Å². The molecule has 4 heteroatoms. The lowest BCUT2D eigenvalue weighted by molar-refractivity contribution is -0.121. The van der Waals surface area contributed by atoms with E-state index >= 15 is 0 Å². The molecule has 0 radical (unpaired) electrons. The van der Waals surface area contributed by atoms with Gasteiger partial charge in [-0.3, -0.25) is 4.79 Å². The second-order valence-electron chi connectivity index (χ2n) is 4.55. The summed E-state index contributed by atoms with van der Waals surface area (Å²) in [5.41, 5.74) is 0.274. The number of nitrogens with zero attached hydrogens (tertiary/aromatic N) is 1. The minimum absolute atomic E-state index is 0.00538. The van der Waals surface area contributed by atoms with Gasteiger partial charge in [0.2, 0.25) is 5.91 Å². The Bertz CT molecular complexity index is 400. The summed E-state index contributed by atoms with van der Waals surface area (Å²) in [6, 6.07) is 6.26. The summed E-state index contributed by atoms with van der Waals surface area (Å²) >= 11 is 0. The maximum atomic E-state index is 13.4. The van der Waals surface area contributed by atoms with Crippen LogP contribution in [0.5, 0.6) is 0 Å². The molecule has 17 heavy (non-hydrogen) atoms. The van der Waals surface area contributed by atoms with Crippen molar-refractivity contribution < 1.29 is 9.18 Å². The van der Waals surface area contributed by atoms with Gasteiger partial charge in [-0.15, -0.1) is 0 Å². The number of hydrogen-bond donors (Lipinski definition) is 1. The van der Waals surface area contributed by atoms with Crippen molar-refractivity contribution in [2.24, 2.45) is 5.92 Å². The van der Waals surface area contributed by atoms with Crippen molar-refractivity contribution >= 4 is 11.6 Å². The molecule has 0 bridgehead atoms. The van der Waals surface area contributed by atoms with Gasteiger partial charge in [0.15, 0.2) is 0 Å². The van der Waals surface area contributed by atoms with Crippen molar-refractivity contribution in [2.75, 3.05) is 25.5 Å². The number of piperidine rings is 1. The Kier molecular flexibility index (Phi) is 3.74. The first-order valence-electron chi connectivity index (χ1n) is 5.91. The Morgan fingerprint density at radius 2 is 2.00 bits per heavy atom. The number of carbonyl (C=O) groups is 1. The molecule has 0 spiro atoms. The van der Waals surface area contributed by atoms with Gasteiger partial charge in [0.25, 0.3) is 0 Å². The lowest BCUT2D eigenvalue weighted by Gasteiger charge is -2.28. The lowest BCUT2D eigenvalue weighted by atomic mass is 9.96. The van der Waals surface area contributed by atoms with Crippen LogP contribution in [0.3, 0.4) is 0 Å². The van der Waals surface area contributed by atoms with Gasteiger partial charge in [-0.05, 0) is 45.1 Å². The zero-order valence-corrected chi connectivity index (χ0v) is 9.95. The molecule has 1 heterocycles. The number of rotatable bonds is 2. The van der Waals surface area contributed by atoms with Crippen molar-refractivity contribution in [1.82, 2.24) is 4.90 Å². The van der Waals surface area contributed by atoms with E-state index in [-0.39, 0.29) is 23.3 Å². The van der Waals surface area contributed by atoms with Crippen LogP contribution in [-0.4, -0.2) is 30.9 Å². The Hall–Kier alpha value is -1.42. The van der Waals surface area contributed by atoms with Gasteiger partial charge in [0.05, 0.1) is 5.69 Å². The van der Waals surface area contributed by atoms with Gasteiger partial charge in [-0.1, -0.05) is 12.1 Å². The van der Waals surface area contributed by atoms with Gasteiger partial charge in [0.1, 0.15) is 5.82 Å². The molecule has 1 aromatic rings. The van der Waals surface area contributed by atoms with Crippen LogP contribution in [0.25, 0.3) is 0 Å². The van der Waals surface area contributed by atoms with E-state index in [9.17, 15) is 9.18 Å². The number of likely N-dealkylation sites (tertiary alicyclic amines) is 1. The maximum Gasteiger partial charge on any atom is 0.227 e. The zero-order valence-electron chi connectivity index (χ0n) is 9.95. The molecule has 1 aromatic carbocycles. The van der Waals surface area contributed by atoms with Gasteiger partial charge >= 0.3 is 0 Å². The van der Waals surface area contributed by atoms with Crippen molar-refractivity contribution in [3.05, 3.63) is 30.1 Å². The summed E-state index contributed by atoms with van der Waals surface area (Å²) in [5.74, 6) is -0.442. The highest BCUT2D eigenvalue weighted by Gasteiger charge is 2.23. The average molecular weight is 236 g/mol. The molecule has 0 saturated carbocycles. The quantitative estimate of drug-likeness (QED) is 0.853. The first-order chi connectivity index (χ1) is 8.16. The molecule has 0 unspecified atom stereocenters. The molecule has 0 aromatic heterocycles. The third-order valence-electron chi connectivity index (χ3n) is 3.22. The highest BCUT2D eigenvalue weighted by atomic mass is 19.1. The fourth-order valence-electron chi connectivity index (χ4n) is 2.07. The molecule has 2 rings (SSSR count). The van der Waals surface area contributed by atoms with E-state index in [1.54, 1.807) is 18.2 Å². The standard InChI is InChI=1S/C13H17FN2O/c1-16-8-6-10(7-9-16)13(17)15-12-5-3-2-4-11(12)14/h2-5,10H,6-9H2,1H3,(H,15,17). The summed E-state index contributed by atoms with van der Waals surface area (Å²) in [6.07, 6.45) is 1.69. The number of anilines is 1. The molecule has 1 aliphatic rings. The molecule has 0 atom stereocenters. The molecule has 1 N–H and O–H groups in total. The second kappa shape index (κ2) is 5.27. The number of carbonyl (C=O) groups excluding carboxylic acids is 1. The van der Waals surface area contributed by atoms with Gasteiger partial charge in [-0.25, -0.2) is 4.39 Å². The van der Waals surface area contributed by atoms with Crippen LogP contribution in [0, 0.1) is 11.7 Å². The molecular weight excluding hydrogens is 219 g/mol. The van der Waals surface area contributed by atoms with Gasteiger partial charge < -0.3 is 10.2 Å². The first-order valence-corrected chi connectivity index (χ1v) is 5.91. The molecule has 3 nitrogen and oxygen atoms in total. The van der Waals surface area contributed by atoms with Crippen molar-refractivity contribution in [3.8, 4) is 0 Å². The molecule has 0 aliphatic carbocycles. The molecule has 1 aliphatic heterocycles. The van der Waals surface area contributed by atoms with E-state index in [1.807, 2.05) is 7.05 Å². The summed E-state index contributed by atoms with van der Waals surface area (Å²) in [7, 11) is 2.05. The Morgan fingerprint density at radius 3 is 2.65 bits per heavy atom. The largest absolute Gasteiger partial charge is 0.323 e. The zero-order chi connectivity index (χ0) is 12.3. The maximum absolute atomic E-state index is 13.4. The number of para-hydroxylation sites is 1. The van der Waals surface area contributed by atoms with E-state index in [2.05, 4.69) is 10.2 Å². The van der Waals surface area contributed by atoms with Gasteiger partial charge in [-0.2, -0.15) is 0 Å². The topological polar surface area (TPSA) is 32.3 Å². The van der Waals surface area contributed by atoms with Crippen LogP contribution in [0.15, 0.2) is 24.3 Å². The van der Waals surface area contributed by atoms with Crippen LogP contribution in [0.2, 0.25) is 0 Å². The van der Waals surface area contributed by atoms with E-state index in [4.69, 9.17) is 0 Å². The fourth-order valence-corrected chi connectivity index (χ4v) is 2.07. The molecular formula is C13H17FN2O. The molecule has 92 valence electrons. The van der Waals surface area contributed by atoms with Crippen molar-refractivity contribution in [1.29, 1.82) is 0 Å². The number of halogens is 1.